The van der Waals surface area contributed by atoms with Crippen LogP contribution in [0.2, 0.25) is 0 Å². The quantitative estimate of drug-likeness (QED) is 0.598. The van der Waals surface area contributed by atoms with Gasteiger partial charge >= 0.3 is 0 Å². The van der Waals surface area contributed by atoms with Crippen LogP contribution in [0.4, 0.5) is 0 Å². The van der Waals surface area contributed by atoms with Crippen LogP contribution in [0.5, 0.6) is 0 Å². The molecule has 0 aliphatic carbocycles. The summed E-state index contributed by atoms with van der Waals surface area (Å²) in [6, 6.07) is 2.32. The normalized spacial score (nSPS) is 12.6. The molecule has 9 heavy (non-hydrogen) atoms. The first kappa shape index (κ1) is 8.80. The van der Waals surface area contributed by atoms with E-state index in [1.165, 1.54) is 0 Å². The molecule has 1 atom stereocenters. The lowest BCUT2D eigenvalue weighted by molar-refractivity contribution is 0.725. The van der Waals surface area contributed by atoms with Gasteiger partial charge in [-0.15, -0.1) is 11.8 Å². The lowest BCUT2D eigenvalue weighted by atomic mass is 10.3. The van der Waals surface area contributed by atoms with Gasteiger partial charge < -0.3 is 5.73 Å². The molecule has 0 radical (unpaired) electrons. The second-order valence-electron chi connectivity index (χ2n) is 1.84. The van der Waals surface area contributed by atoms with Crippen LogP contribution < -0.4 is 5.73 Å². The Hall–Kier alpha value is -0.200. The molecule has 0 saturated heterocycles. The minimum Gasteiger partial charge on any atom is -0.327 e. The van der Waals surface area contributed by atoms with Crippen LogP contribution in [0.1, 0.15) is 13.3 Å². The molecule has 0 bridgehead atoms. The fourth-order valence-electron chi connectivity index (χ4n) is 0.374. The number of rotatable bonds is 4. The Balaban J connectivity index is 2.99. The SMILES string of the molecule is CCC(N)CSCC#N. The van der Waals surface area contributed by atoms with Crippen LogP contribution in [0.3, 0.4) is 0 Å². The van der Waals surface area contributed by atoms with Gasteiger partial charge in [-0.05, 0) is 6.42 Å². The molecule has 0 aromatic heterocycles. The maximum atomic E-state index is 8.14. The Morgan fingerprint density at radius 2 is 2.44 bits per heavy atom. The highest BCUT2D eigenvalue weighted by Crippen LogP contribution is 2.01. The lowest BCUT2D eigenvalue weighted by Crippen LogP contribution is -2.21. The molecule has 0 fully saturated rings. The summed E-state index contributed by atoms with van der Waals surface area (Å²) in [5, 5.41) is 8.14. The molecule has 0 amide bonds. The average molecular weight is 144 g/mol. The Kier molecular flexibility index (Phi) is 5.80. The van der Waals surface area contributed by atoms with Gasteiger partial charge in [0, 0.05) is 11.8 Å². The van der Waals surface area contributed by atoms with Crippen molar-refractivity contribution >= 4 is 11.8 Å². The predicted octanol–water partition coefficient (Wildman–Crippen LogP) is 0.980. The number of nitrogens with two attached hydrogens (primary N) is 1. The Morgan fingerprint density at radius 1 is 1.78 bits per heavy atom. The molecule has 0 rings (SSSR count). The smallest absolute Gasteiger partial charge is 0.0808 e. The van der Waals surface area contributed by atoms with Gasteiger partial charge in [-0.3, -0.25) is 0 Å². The van der Waals surface area contributed by atoms with E-state index in [-0.39, 0.29) is 6.04 Å². The number of hydrogen-bond donors (Lipinski definition) is 1. The van der Waals surface area contributed by atoms with Crippen LogP contribution in [-0.2, 0) is 0 Å². The zero-order valence-electron chi connectivity index (χ0n) is 5.63. The average Bonchev–Trinajstić information content (AvgIpc) is 1.89. The van der Waals surface area contributed by atoms with Gasteiger partial charge in [-0.25, -0.2) is 0 Å². The summed E-state index contributed by atoms with van der Waals surface area (Å²) in [6.45, 7) is 2.05. The molecule has 2 N–H and O–H groups in total. The van der Waals surface area contributed by atoms with Gasteiger partial charge in [0.25, 0.3) is 0 Å². The highest BCUT2D eigenvalue weighted by molar-refractivity contribution is 7.99. The summed E-state index contributed by atoms with van der Waals surface area (Å²) in [6.07, 6.45) is 0.998. The van der Waals surface area contributed by atoms with Crippen molar-refractivity contribution in [1.82, 2.24) is 0 Å². The maximum Gasteiger partial charge on any atom is 0.0808 e. The van der Waals surface area contributed by atoms with Crippen molar-refractivity contribution < 1.29 is 0 Å². The van der Waals surface area contributed by atoms with Crippen molar-refractivity contribution in [1.29, 1.82) is 5.26 Å². The molecule has 2 nitrogen and oxygen atoms in total. The van der Waals surface area contributed by atoms with E-state index >= 15 is 0 Å². The molecule has 0 heterocycles. The first-order valence-electron chi connectivity index (χ1n) is 3.01. The van der Waals surface area contributed by atoms with Crippen molar-refractivity contribution in [3.8, 4) is 6.07 Å². The van der Waals surface area contributed by atoms with Gasteiger partial charge in [-0.1, -0.05) is 6.92 Å². The number of hydrogen-bond acceptors (Lipinski definition) is 3. The molecule has 0 aromatic rings. The summed E-state index contributed by atoms with van der Waals surface area (Å²) < 4.78 is 0. The van der Waals surface area contributed by atoms with E-state index in [1.807, 2.05) is 0 Å². The summed E-state index contributed by atoms with van der Waals surface area (Å²) in [4.78, 5) is 0. The van der Waals surface area contributed by atoms with E-state index < -0.39 is 0 Å². The molecule has 0 spiro atoms. The Morgan fingerprint density at radius 3 is 2.89 bits per heavy atom. The van der Waals surface area contributed by atoms with Crippen LogP contribution in [-0.4, -0.2) is 17.5 Å². The minimum absolute atomic E-state index is 0.267. The van der Waals surface area contributed by atoms with Crippen molar-refractivity contribution in [2.24, 2.45) is 5.73 Å². The van der Waals surface area contributed by atoms with E-state index in [0.717, 1.165) is 12.2 Å². The number of nitriles is 1. The molecule has 3 heteroatoms. The highest BCUT2D eigenvalue weighted by Gasteiger charge is 1.96. The Bertz CT molecular complexity index is 97.7. The van der Waals surface area contributed by atoms with Crippen LogP contribution in [0.25, 0.3) is 0 Å². The lowest BCUT2D eigenvalue weighted by Gasteiger charge is -2.04. The predicted molar refractivity (Wildman–Crippen MR) is 41.2 cm³/mol. The van der Waals surface area contributed by atoms with Crippen molar-refractivity contribution in [3.63, 3.8) is 0 Å². The van der Waals surface area contributed by atoms with E-state index in [2.05, 4.69) is 13.0 Å². The maximum absolute atomic E-state index is 8.14. The largest absolute Gasteiger partial charge is 0.327 e. The third kappa shape index (κ3) is 5.67. The number of thioether (sulfide) groups is 1. The van der Waals surface area contributed by atoms with E-state index in [0.29, 0.717) is 5.75 Å². The fourth-order valence-corrected chi connectivity index (χ4v) is 1.12. The fraction of sp³-hybridized carbons (Fsp3) is 0.833. The summed E-state index contributed by atoms with van der Waals surface area (Å²) in [5.74, 6) is 1.47. The van der Waals surface area contributed by atoms with Crippen LogP contribution in [0, 0.1) is 11.3 Å². The molecule has 0 aliphatic rings. The van der Waals surface area contributed by atoms with Gasteiger partial charge in [0.2, 0.25) is 0 Å². The van der Waals surface area contributed by atoms with E-state index in [1.54, 1.807) is 11.8 Å². The third-order valence-corrected chi connectivity index (χ3v) is 2.02. The van der Waals surface area contributed by atoms with Crippen LogP contribution >= 0.6 is 11.8 Å². The molecule has 0 saturated carbocycles. The summed E-state index contributed by atoms with van der Waals surface area (Å²) in [7, 11) is 0. The summed E-state index contributed by atoms with van der Waals surface area (Å²) >= 11 is 1.60. The van der Waals surface area contributed by atoms with E-state index in [9.17, 15) is 0 Å². The second-order valence-corrected chi connectivity index (χ2v) is 2.87. The summed E-state index contributed by atoms with van der Waals surface area (Å²) in [5.41, 5.74) is 5.58. The Labute approximate surface area is 60.4 Å². The van der Waals surface area contributed by atoms with Crippen molar-refractivity contribution in [2.45, 2.75) is 19.4 Å². The monoisotopic (exact) mass is 144 g/mol. The van der Waals surface area contributed by atoms with Crippen molar-refractivity contribution in [2.75, 3.05) is 11.5 Å². The first-order valence-corrected chi connectivity index (χ1v) is 4.17. The molecule has 0 aliphatic heterocycles. The van der Waals surface area contributed by atoms with Crippen LogP contribution in [0.15, 0.2) is 0 Å². The molecule has 0 aromatic carbocycles. The minimum atomic E-state index is 0.267. The zero-order valence-corrected chi connectivity index (χ0v) is 6.45. The van der Waals surface area contributed by atoms with Gasteiger partial charge in [0.15, 0.2) is 0 Å². The molecule has 52 valence electrons. The van der Waals surface area contributed by atoms with Gasteiger partial charge in [0.05, 0.1) is 11.8 Å². The molecule has 1 unspecified atom stereocenters. The molecular formula is C6H12N2S. The first-order chi connectivity index (χ1) is 4.31. The van der Waals surface area contributed by atoms with Crippen molar-refractivity contribution in [3.05, 3.63) is 0 Å². The van der Waals surface area contributed by atoms with E-state index in [4.69, 9.17) is 11.0 Å². The topological polar surface area (TPSA) is 49.8 Å². The van der Waals surface area contributed by atoms with Gasteiger partial charge in [0.1, 0.15) is 0 Å². The standard InChI is InChI=1S/C6H12N2S/c1-2-6(8)5-9-4-3-7/h6H,2,4-5,8H2,1H3. The third-order valence-electron chi connectivity index (χ3n) is 1.02. The van der Waals surface area contributed by atoms with Gasteiger partial charge in [-0.2, -0.15) is 5.26 Å². The second kappa shape index (κ2) is 5.93. The number of nitrogens with zero attached hydrogens (tertiary/aromatic N) is 1. The highest BCUT2D eigenvalue weighted by atomic mass is 32.2. The molecular weight excluding hydrogens is 132 g/mol. The zero-order chi connectivity index (χ0) is 7.11.